The predicted molar refractivity (Wildman–Crippen MR) is 175 cm³/mol. The Bertz CT molecular complexity index is 1820. The molecule has 5 aromatic rings. The number of benzene rings is 3. The zero-order chi connectivity index (χ0) is 30.8. The number of nitrogens with two attached hydrogens (primary N) is 2. The zero-order valence-electron chi connectivity index (χ0n) is 24.8. The van der Waals surface area contributed by atoms with E-state index in [9.17, 15) is 14.4 Å². The first-order valence-corrected chi connectivity index (χ1v) is 14.8. The summed E-state index contributed by atoms with van der Waals surface area (Å²) in [5.41, 5.74) is 17.8. The van der Waals surface area contributed by atoms with Crippen molar-refractivity contribution >= 4 is 40.9 Å². The maximum absolute atomic E-state index is 13.9. The number of hydrogen-bond donors (Lipinski definition) is 4. The fraction of sp³-hybridized carbons (Fsp3) is 0.312. The van der Waals surface area contributed by atoms with E-state index in [4.69, 9.17) is 11.5 Å². The first-order chi connectivity index (χ1) is 21.3. The van der Waals surface area contributed by atoms with Gasteiger partial charge in [0.1, 0.15) is 0 Å². The van der Waals surface area contributed by atoms with E-state index in [0.29, 0.717) is 42.4 Å². The highest BCUT2D eigenvalue weighted by molar-refractivity contribution is 6.17. The molecule has 2 heterocycles. The molecule has 0 saturated heterocycles. The van der Waals surface area contributed by atoms with E-state index in [2.05, 4.69) is 25.6 Å². The minimum Gasteiger partial charge on any atom is -0.330 e. The van der Waals surface area contributed by atoms with Crippen LogP contribution in [0.1, 0.15) is 31.2 Å². The zero-order valence-corrected chi connectivity index (χ0v) is 25.7. The number of anilines is 1. The van der Waals surface area contributed by atoms with Crippen LogP contribution < -0.4 is 22.1 Å². The number of carbonyl (C=O) groups is 2. The molecule has 2 aromatic heterocycles. The maximum Gasteiger partial charge on any atom is 0.326 e. The second-order valence-electron chi connectivity index (χ2n) is 11.5. The lowest BCUT2D eigenvalue weighted by Gasteiger charge is -2.32. The molecule has 0 spiro atoms. The summed E-state index contributed by atoms with van der Waals surface area (Å²) >= 11 is 0. The molecule has 0 aliphatic heterocycles. The molecule has 3 aromatic carbocycles. The van der Waals surface area contributed by atoms with Crippen molar-refractivity contribution in [2.24, 2.45) is 30.4 Å². The van der Waals surface area contributed by atoms with Gasteiger partial charge in [-0.2, -0.15) is 5.21 Å². The number of carbonyl (C=O) groups excluding carboxylic acids is 2. The molecular formula is C32H36ClN9O3. The van der Waals surface area contributed by atoms with Crippen LogP contribution >= 0.6 is 12.4 Å². The predicted octanol–water partition coefficient (Wildman–Crippen LogP) is 3.33. The number of imide groups is 1. The Hall–Kier alpha value is -4.65. The van der Waals surface area contributed by atoms with Crippen molar-refractivity contribution in [3.05, 3.63) is 82.8 Å². The summed E-state index contributed by atoms with van der Waals surface area (Å²) in [5, 5.41) is 14.0. The van der Waals surface area contributed by atoms with Crippen LogP contribution in [0.25, 0.3) is 33.5 Å². The molecule has 0 unspecified atom stereocenters. The van der Waals surface area contributed by atoms with Crippen LogP contribution in [-0.4, -0.2) is 54.6 Å². The summed E-state index contributed by atoms with van der Waals surface area (Å²) in [6.07, 6.45) is 3.35. The number of hydrogen-bond acceptors (Lipinski definition) is 8. The quantitative estimate of drug-likeness (QED) is 0.201. The van der Waals surface area contributed by atoms with Crippen molar-refractivity contribution in [3.63, 3.8) is 0 Å². The van der Waals surface area contributed by atoms with E-state index in [-0.39, 0.29) is 36.3 Å². The van der Waals surface area contributed by atoms with Crippen LogP contribution in [0.2, 0.25) is 0 Å². The van der Waals surface area contributed by atoms with E-state index in [0.717, 1.165) is 40.6 Å². The highest BCUT2D eigenvalue weighted by Crippen LogP contribution is 2.32. The number of H-pyrrole nitrogens is 2. The van der Waals surface area contributed by atoms with E-state index >= 15 is 0 Å². The van der Waals surface area contributed by atoms with Gasteiger partial charge in [0.2, 0.25) is 11.7 Å². The molecule has 1 atom stereocenters. The number of nitrogens with one attached hydrogen (secondary N) is 2. The molecular weight excluding hydrogens is 594 g/mol. The molecule has 13 heteroatoms. The Morgan fingerprint density at radius 1 is 0.978 bits per heavy atom. The van der Waals surface area contributed by atoms with Gasteiger partial charge in [-0.3, -0.25) is 14.2 Å². The summed E-state index contributed by atoms with van der Waals surface area (Å²) in [5.74, 6) is -0.149. The number of aromatic amines is 2. The average molecular weight is 630 g/mol. The average Bonchev–Trinajstić information content (AvgIpc) is 3.70. The highest BCUT2D eigenvalue weighted by Gasteiger charge is 2.35. The van der Waals surface area contributed by atoms with Gasteiger partial charge in [0.15, 0.2) is 0 Å². The SMILES string of the molecule is Cl.Cn1c(=O)[nH]c2ccc(-c3ccc(C[C@H](N)C(=O)N(c4ccc(-c5nn[nH]n5)cc4)C(=O)[C@H]4CC[C@H](CN)CC4)cc3)cc21. The molecule has 1 saturated carbocycles. The Labute approximate surface area is 265 Å². The number of imidazole rings is 1. The summed E-state index contributed by atoms with van der Waals surface area (Å²) < 4.78 is 1.58. The molecule has 45 heavy (non-hydrogen) atoms. The van der Waals surface area contributed by atoms with Crippen LogP contribution in [0.5, 0.6) is 0 Å². The number of rotatable bonds is 8. The topological polar surface area (TPSA) is 182 Å². The number of nitrogens with zero attached hydrogens (tertiary/aromatic N) is 5. The van der Waals surface area contributed by atoms with Crippen LogP contribution in [0.3, 0.4) is 0 Å². The van der Waals surface area contributed by atoms with Gasteiger partial charge < -0.3 is 16.5 Å². The third-order valence-corrected chi connectivity index (χ3v) is 8.66. The first kappa shape index (κ1) is 31.8. The van der Waals surface area contributed by atoms with Gasteiger partial charge in [-0.25, -0.2) is 9.69 Å². The van der Waals surface area contributed by atoms with Crippen molar-refractivity contribution in [3.8, 4) is 22.5 Å². The number of tetrazole rings is 1. The third kappa shape index (κ3) is 6.58. The summed E-state index contributed by atoms with van der Waals surface area (Å²) in [4.78, 5) is 43.8. The number of fused-ring (bicyclic) bond motifs is 1. The highest BCUT2D eigenvalue weighted by atomic mass is 35.5. The molecule has 6 N–H and O–H groups in total. The molecule has 0 bridgehead atoms. The molecule has 2 amide bonds. The summed E-state index contributed by atoms with van der Waals surface area (Å²) in [6, 6.07) is 19.6. The van der Waals surface area contributed by atoms with Crippen LogP contribution in [0.15, 0.2) is 71.5 Å². The standard InChI is InChI=1S/C32H35N9O3.ClH/c1-40-28-17-24(12-15-27(28)35-32(40)44)21-6-2-19(3-7-21)16-26(34)31(43)41(30(42)23-8-4-20(18-33)5-9-23)25-13-10-22(11-14-25)29-36-38-39-37-29;/h2-3,6-7,10-15,17,20,23,26H,4-5,8-9,16,18,33-34H2,1H3,(H,35,44)(H,36,37,38,39);1H/t20-,23-,26-;/m0./s1. The largest absolute Gasteiger partial charge is 0.330 e. The Kier molecular flexibility index (Phi) is 9.57. The van der Waals surface area contributed by atoms with Crippen molar-refractivity contribution in [1.82, 2.24) is 30.2 Å². The summed E-state index contributed by atoms with van der Waals surface area (Å²) in [6.45, 7) is 0.602. The van der Waals surface area contributed by atoms with Gasteiger partial charge in [0.05, 0.1) is 22.8 Å². The molecule has 1 aliphatic rings. The lowest BCUT2D eigenvalue weighted by atomic mass is 9.81. The number of aromatic nitrogens is 6. The molecule has 1 fully saturated rings. The first-order valence-electron chi connectivity index (χ1n) is 14.8. The number of amides is 2. The monoisotopic (exact) mass is 629 g/mol. The Morgan fingerprint density at radius 2 is 1.64 bits per heavy atom. The fourth-order valence-corrected chi connectivity index (χ4v) is 5.98. The Morgan fingerprint density at radius 3 is 2.29 bits per heavy atom. The summed E-state index contributed by atoms with van der Waals surface area (Å²) in [7, 11) is 1.73. The molecule has 234 valence electrons. The normalized spacial score (nSPS) is 17.0. The molecule has 1 aliphatic carbocycles. The van der Waals surface area contributed by atoms with E-state index in [1.165, 1.54) is 4.90 Å². The van der Waals surface area contributed by atoms with Gasteiger partial charge in [-0.1, -0.05) is 30.3 Å². The second kappa shape index (κ2) is 13.6. The van der Waals surface area contributed by atoms with Crippen molar-refractivity contribution in [2.45, 2.75) is 38.1 Å². The van der Waals surface area contributed by atoms with E-state index < -0.39 is 11.9 Å². The van der Waals surface area contributed by atoms with Crippen molar-refractivity contribution in [1.29, 1.82) is 0 Å². The van der Waals surface area contributed by atoms with Gasteiger partial charge in [0.25, 0.3) is 5.91 Å². The number of aryl methyl sites for hydroxylation is 1. The van der Waals surface area contributed by atoms with Gasteiger partial charge in [0, 0.05) is 18.5 Å². The minimum absolute atomic E-state index is 0. The smallest absolute Gasteiger partial charge is 0.326 e. The van der Waals surface area contributed by atoms with Crippen molar-refractivity contribution in [2.75, 3.05) is 11.4 Å². The molecule has 0 radical (unpaired) electrons. The van der Waals surface area contributed by atoms with E-state index in [1.54, 1.807) is 35.9 Å². The number of halogens is 1. The second-order valence-corrected chi connectivity index (χ2v) is 11.5. The van der Waals surface area contributed by atoms with Gasteiger partial charge in [-0.05, 0) is 103 Å². The maximum atomic E-state index is 13.9. The Balaban J connectivity index is 0.00000400. The lowest BCUT2D eigenvalue weighted by molar-refractivity contribution is -0.130. The molecule has 6 rings (SSSR count). The lowest BCUT2D eigenvalue weighted by Crippen LogP contribution is -2.50. The minimum atomic E-state index is -0.937. The van der Waals surface area contributed by atoms with Gasteiger partial charge in [-0.15, -0.1) is 22.6 Å². The van der Waals surface area contributed by atoms with Gasteiger partial charge >= 0.3 is 5.69 Å². The third-order valence-electron chi connectivity index (χ3n) is 8.66. The van der Waals surface area contributed by atoms with Crippen LogP contribution in [0.4, 0.5) is 5.69 Å². The van der Waals surface area contributed by atoms with E-state index in [1.807, 2.05) is 42.5 Å². The van der Waals surface area contributed by atoms with Crippen molar-refractivity contribution < 1.29 is 9.59 Å². The fourth-order valence-electron chi connectivity index (χ4n) is 5.98. The van der Waals surface area contributed by atoms with Crippen LogP contribution in [-0.2, 0) is 23.1 Å². The molecule has 12 nitrogen and oxygen atoms in total. The van der Waals surface area contributed by atoms with Crippen LogP contribution in [0, 0.1) is 11.8 Å².